The largest absolute Gasteiger partial charge is 0.496 e. The van der Waals surface area contributed by atoms with Gasteiger partial charge in [0.15, 0.2) is 0 Å². The topological polar surface area (TPSA) is 65.4 Å². The zero-order valence-electron chi connectivity index (χ0n) is 13.3. The number of carbonyl (C=O) groups excluding carboxylic acids is 1. The van der Waals surface area contributed by atoms with Crippen LogP contribution in [-0.4, -0.2) is 29.9 Å². The third-order valence-corrected chi connectivity index (χ3v) is 3.60. The third kappa shape index (κ3) is 3.05. The van der Waals surface area contributed by atoms with E-state index in [2.05, 4.69) is 10.4 Å². The summed E-state index contributed by atoms with van der Waals surface area (Å²) in [4.78, 5) is 12.5. The van der Waals surface area contributed by atoms with Crippen molar-refractivity contribution in [2.75, 3.05) is 14.2 Å². The molecule has 1 N–H and O–H groups in total. The third-order valence-electron chi connectivity index (χ3n) is 3.60. The first-order valence-electron chi connectivity index (χ1n) is 7.12. The summed E-state index contributed by atoms with van der Waals surface area (Å²) in [6.45, 7) is 5.23. The summed E-state index contributed by atoms with van der Waals surface area (Å²) < 4.78 is 12.4. The lowest BCUT2D eigenvalue weighted by molar-refractivity contribution is 0.0944. The van der Waals surface area contributed by atoms with Gasteiger partial charge in [-0.25, -0.2) is 0 Å². The first-order valence-corrected chi connectivity index (χ1v) is 7.12. The molecule has 0 aliphatic rings. The van der Waals surface area contributed by atoms with Crippen LogP contribution in [0.3, 0.4) is 0 Å². The van der Waals surface area contributed by atoms with E-state index in [9.17, 15) is 4.79 Å². The molecule has 0 fully saturated rings. The van der Waals surface area contributed by atoms with E-state index in [1.54, 1.807) is 24.4 Å². The maximum absolute atomic E-state index is 12.5. The molecule has 0 atom stereocenters. The number of methoxy groups -OCH3 is 2. The van der Waals surface area contributed by atoms with Crippen molar-refractivity contribution < 1.29 is 14.3 Å². The van der Waals surface area contributed by atoms with Gasteiger partial charge >= 0.3 is 0 Å². The Morgan fingerprint density at radius 1 is 1.27 bits per heavy atom. The van der Waals surface area contributed by atoms with Gasteiger partial charge in [0.25, 0.3) is 5.91 Å². The zero-order valence-corrected chi connectivity index (χ0v) is 13.3. The van der Waals surface area contributed by atoms with Gasteiger partial charge in [0.2, 0.25) is 0 Å². The molecular weight excluding hydrogens is 282 g/mol. The summed E-state index contributed by atoms with van der Waals surface area (Å²) in [6, 6.07) is 5.25. The number of hydrogen-bond donors (Lipinski definition) is 1. The fourth-order valence-electron chi connectivity index (χ4n) is 2.32. The molecule has 6 heteroatoms. The number of nitrogens with one attached hydrogen (secondary N) is 1. The molecule has 2 rings (SSSR count). The average Bonchev–Trinajstić information content (AvgIpc) is 2.91. The van der Waals surface area contributed by atoms with Crippen molar-refractivity contribution in [1.29, 1.82) is 0 Å². The second-order valence-electron chi connectivity index (χ2n) is 4.79. The van der Waals surface area contributed by atoms with E-state index in [-0.39, 0.29) is 5.91 Å². The fourth-order valence-corrected chi connectivity index (χ4v) is 2.32. The van der Waals surface area contributed by atoms with E-state index in [0.717, 1.165) is 17.8 Å². The number of ether oxygens (including phenoxy) is 2. The number of hydrogen-bond acceptors (Lipinski definition) is 4. The van der Waals surface area contributed by atoms with Gasteiger partial charge in [0, 0.05) is 24.3 Å². The minimum absolute atomic E-state index is 0.238. The second kappa shape index (κ2) is 6.98. The van der Waals surface area contributed by atoms with Crippen molar-refractivity contribution >= 4 is 5.91 Å². The van der Waals surface area contributed by atoms with E-state index in [1.807, 2.05) is 18.5 Å². The van der Waals surface area contributed by atoms with Crippen molar-refractivity contribution in [3.8, 4) is 11.5 Å². The minimum atomic E-state index is -0.238. The van der Waals surface area contributed by atoms with Gasteiger partial charge in [-0.2, -0.15) is 5.10 Å². The summed E-state index contributed by atoms with van der Waals surface area (Å²) in [7, 11) is 3.06. The SMILES string of the molecule is CCn1ncc(CNC(=O)c2c(OC)cccc2OC)c1C. The second-order valence-corrected chi connectivity index (χ2v) is 4.79. The maximum atomic E-state index is 12.5. The number of carbonyl (C=O) groups is 1. The normalized spacial score (nSPS) is 10.4. The smallest absolute Gasteiger partial charge is 0.259 e. The Balaban J connectivity index is 2.17. The average molecular weight is 303 g/mol. The van der Waals surface area contributed by atoms with Crippen LogP contribution in [0.2, 0.25) is 0 Å². The van der Waals surface area contributed by atoms with Crippen LogP contribution in [0.1, 0.15) is 28.5 Å². The number of nitrogens with zero attached hydrogens (tertiary/aromatic N) is 2. The molecule has 0 spiro atoms. The molecule has 0 saturated heterocycles. The number of aromatic nitrogens is 2. The summed E-state index contributed by atoms with van der Waals surface area (Å²) in [5.74, 6) is 0.730. The van der Waals surface area contributed by atoms with E-state index >= 15 is 0 Å². The lowest BCUT2D eigenvalue weighted by Crippen LogP contribution is -2.24. The molecule has 2 aromatic rings. The van der Waals surface area contributed by atoms with Crippen molar-refractivity contribution in [2.24, 2.45) is 0 Å². The highest BCUT2D eigenvalue weighted by atomic mass is 16.5. The van der Waals surface area contributed by atoms with Crippen molar-refractivity contribution in [3.63, 3.8) is 0 Å². The predicted molar refractivity (Wildman–Crippen MR) is 83.4 cm³/mol. The predicted octanol–water partition coefficient (Wildman–Crippen LogP) is 2.16. The van der Waals surface area contributed by atoms with Gasteiger partial charge < -0.3 is 14.8 Å². The number of benzene rings is 1. The maximum Gasteiger partial charge on any atom is 0.259 e. The molecule has 0 aliphatic carbocycles. The Hall–Kier alpha value is -2.50. The summed E-state index contributed by atoms with van der Waals surface area (Å²) >= 11 is 0. The summed E-state index contributed by atoms with van der Waals surface area (Å²) in [5, 5.41) is 7.16. The molecule has 0 aliphatic heterocycles. The summed E-state index contributed by atoms with van der Waals surface area (Å²) in [5.41, 5.74) is 2.44. The highest BCUT2D eigenvalue weighted by molar-refractivity contribution is 5.99. The zero-order chi connectivity index (χ0) is 16.1. The number of rotatable bonds is 6. The molecule has 118 valence electrons. The minimum Gasteiger partial charge on any atom is -0.496 e. The van der Waals surface area contributed by atoms with Gasteiger partial charge in [-0.1, -0.05) is 6.07 Å². The quantitative estimate of drug-likeness (QED) is 0.888. The molecule has 1 aromatic heterocycles. The Morgan fingerprint density at radius 2 is 1.91 bits per heavy atom. The monoisotopic (exact) mass is 303 g/mol. The Bertz CT molecular complexity index is 642. The van der Waals surface area contributed by atoms with Gasteiger partial charge in [0.1, 0.15) is 17.1 Å². The Labute approximate surface area is 130 Å². The van der Waals surface area contributed by atoms with Crippen molar-refractivity contribution in [2.45, 2.75) is 26.9 Å². The molecule has 1 heterocycles. The lowest BCUT2D eigenvalue weighted by Gasteiger charge is -2.13. The summed E-state index contributed by atoms with van der Waals surface area (Å²) in [6.07, 6.45) is 1.78. The molecule has 0 saturated carbocycles. The Kier molecular flexibility index (Phi) is 5.04. The first kappa shape index (κ1) is 15.9. The number of amides is 1. The van der Waals surface area contributed by atoms with Crippen LogP contribution >= 0.6 is 0 Å². The molecule has 1 amide bonds. The van der Waals surface area contributed by atoms with Gasteiger partial charge in [-0.3, -0.25) is 9.48 Å². The van der Waals surface area contributed by atoms with Gasteiger partial charge in [0.05, 0.1) is 20.4 Å². The van der Waals surface area contributed by atoms with Crippen LogP contribution in [-0.2, 0) is 13.1 Å². The van der Waals surface area contributed by atoms with Gasteiger partial charge in [-0.15, -0.1) is 0 Å². The molecular formula is C16H21N3O3. The molecule has 0 bridgehead atoms. The molecule has 1 aromatic carbocycles. The molecule has 6 nitrogen and oxygen atoms in total. The Morgan fingerprint density at radius 3 is 2.41 bits per heavy atom. The lowest BCUT2D eigenvalue weighted by atomic mass is 10.1. The van der Waals surface area contributed by atoms with E-state index < -0.39 is 0 Å². The van der Waals surface area contributed by atoms with Crippen molar-refractivity contribution in [3.05, 3.63) is 41.2 Å². The highest BCUT2D eigenvalue weighted by Gasteiger charge is 2.18. The van der Waals surface area contributed by atoms with Crippen LogP contribution < -0.4 is 14.8 Å². The van der Waals surface area contributed by atoms with Crippen LogP contribution in [0.25, 0.3) is 0 Å². The standard InChI is InChI=1S/C16H21N3O3/c1-5-19-11(2)12(10-18-19)9-17-16(20)15-13(21-3)7-6-8-14(15)22-4/h6-8,10H,5,9H2,1-4H3,(H,17,20). The van der Waals surface area contributed by atoms with Crippen LogP contribution in [0.5, 0.6) is 11.5 Å². The first-order chi connectivity index (χ1) is 10.6. The fraction of sp³-hybridized carbons (Fsp3) is 0.375. The number of aryl methyl sites for hydroxylation is 1. The van der Waals surface area contributed by atoms with Crippen LogP contribution in [0, 0.1) is 6.92 Å². The van der Waals surface area contributed by atoms with E-state index in [4.69, 9.17) is 9.47 Å². The van der Waals surface area contributed by atoms with Crippen LogP contribution in [0.15, 0.2) is 24.4 Å². The molecule has 0 unspecified atom stereocenters. The van der Waals surface area contributed by atoms with Crippen molar-refractivity contribution in [1.82, 2.24) is 15.1 Å². The van der Waals surface area contributed by atoms with E-state index in [0.29, 0.717) is 23.6 Å². The molecule has 0 radical (unpaired) electrons. The van der Waals surface area contributed by atoms with Gasteiger partial charge in [-0.05, 0) is 26.0 Å². The van der Waals surface area contributed by atoms with E-state index in [1.165, 1.54) is 14.2 Å². The van der Waals surface area contributed by atoms with Crippen LogP contribution in [0.4, 0.5) is 0 Å². The molecule has 22 heavy (non-hydrogen) atoms. The highest BCUT2D eigenvalue weighted by Crippen LogP contribution is 2.28.